The lowest BCUT2D eigenvalue weighted by molar-refractivity contribution is -0.385. The van der Waals surface area contributed by atoms with Gasteiger partial charge in [0.15, 0.2) is 0 Å². The third-order valence-corrected chi connectivity index (χ3v) is 4.12. The number of nitrogens with zero attached hydrogens (tertiary/aromatic N) is 1. The predicted molar refractivity (Wildman–Crippen MR) is 104 cm³/mol. The minimum Gasteiger partial charge on any atom is -0.465 e. The standard InChI is InChI=1S/C19H16ClF3N2O6/c1-9(2)24-17(26)12-7-11(8-13(18(27)30-3)16(12)25(28)29)31-15-5-4-10(6-14(15)20)19(21,22)23/h4-9H,1-3H3,(H,24,26). The lowest BCUT2D eigenvalue weighted by atomic mass is 10.0. The summed E-state index contributed by atoms with van der Waals surface area (Å²) in [6, 6.07) is 3.83. The van der Waals surface area contributed by atoms with Gasteiger partial charge in [-0.15, -0.1) is 0 Å². The van der Waals surface area contributed by atoms with Crippen LogP contribution in [0.4, 0.5) is 18.9 Å². The Bertz CT molecular complexity index is 1040. The van der Waals surface area contributed by atoms with Gasteiger partial charge in [-0.05, 0) is 32.0 Å². The molecule has 0 aromatic heterocycles. The van der Waals surface area contributed by atoms with Gasteiger partial charge < -0.3 is 14.8 Å². The predicted octanol–water partition coefficient (Wildman–Crippen LogP) is 4.98. The maximum absolute atomic E-state index is 12.8. The summed E-state index contributed by atoms with van der Waals surface area (Å²) in [6.45, 7) is 3.24. The summed E-state index contributed by atoms with van der Waals surface area (Å²) in [5.74, 6) is -2.46. The Kier molecular flexibility index (Phi) is 7.11. The molecule has 0 saturated heterocycles. The third kappa shape index (κ3) is 5.63. The van der Waals surface area contributed by atoms with Crippen molar-refractivity contribution in [2.75, 3.05) is 7.11 Å². The van der Waals surface area contributed by atoms with Crippen molar-refractivity contribution in [1.29, 1.82) is 0 Å². The molecule has 0 aliphatic heterocycles. The number of nitro groups is 1. The average Bonchev–Trinajstić information content (AvgIpc) is 2.66. The molecule has 0 radical (unpaired) electrons. The first-order chi connectivity index (χ1) is 14.3. The van der Waals surface area contributed by atoms with Crippen LogP contribution in [0.25, 0.3) is 0 Å². The highest BCUT2D eigenvalue weighted by molar-refractivity contribution is 6.32. The number of benzene rings is 2. The minimum absolute atomic E-state index is 0.227. The van der Waals surface area contributed by atoms with Gasteiger partial charge in [-0.3, -0.25) is 14.9 Å². The molecule has 2 aromatic carbocycles. The van der Waals surface area contributed by atoms with Gasteiger partial charge in [-0.25, -0.2) is 4.79 Å². The Morgan fingerprint density at radius 2 is 1.77 bits per heavy atom. The van der Waals surface area contributed by atoms with Gasteiger partial charge in [0.2, 0.25) is 0 Å². The second kappa shape index (κ2) is 9.21. The van der Waals surface area contributed by atoms with Crippen molar-refractivity contribution in [3.05, 3.63) is 62.2 Å². The lowest BCUT2D eigenvalue weighted by Crippen LogP contribution is -2.31. The quantitative estimate of drug-likeness (QED) is 0.370. The zero-order valence-corrected chi connectivity index (χ0v) is 17.1. The zero-order chi connectivity index (χ0) is 23.5. The lowest BCUT2D eigenvalue weighted by Gasteiger charge is -2.14. The summed E-state index contributed by atoms with van der Waals surface area (Å²) in [5.41, 5.74) is -2.90. The smallest absolute Gasteiger partial charge is 0.416 e. The van der Waals surface area contributed by atoms with Crippen LogP contribution in [0.15, 0.2) is 30.3 Å². The van der Waals surface area contributed by atoms with E-state index in [1.165, 1.54) is 0 Å². The minimum atomic E-state index is -4.63. The monoisotopic (exact) mass is 460 g/mol. The molecule has 0 unspecified atom stereocenters. The molecule has 12 heteroatoms. The molecule has 166 valence electrons. The number of ether oxygens (including phenoxy) is 2. The molecule has 0 aliphatic carbocycles. The van der Waals surface area contributed by atoms with E-state index >= 15 is 0 Å². The molecule has 31 heavy (non-hydrogen) atoms. The van der Waals surface area contributed by atoms with Crippen LogP contribution in [0.2, 0.25) is 5.02 Å². The summed E-state index contributed by atoms with van der Waals surface area (Å²) in [5, 5.41) is 13.6. The number of nitrogens with one attached hydrogen (secondary N) is 1. The molecule has 0 heterocycles. The number of amides is 1. The highest BCUT2D eigenvalue weighted by Crippen LogP contribution is 2.38. The molecule has 1 amide bonds. The fourth-order valence-corrected chi connectivity index (χ4v) is 2.75. The van der Waals surface area contributed by atoms with Gasteiger partial charge >= 0.3 is 12.1 Å². The summed E-state index contributed by atoms with van der Waals surface area (Å²) in [6.07, 6.45) is -4.63. The number of halogens is 4. The highest BCUT2D eigenvalue weighted by atomic mass is 35.5. The number of hydrogen-bond acceptors (Lipinski definition) is 6. The molecule has 8 nitrogen and oxygen atoms in total. The second-order valence-corrected chi connectivity index (χ2v) is 6.90. The van der Waals surface area contributed by atoms with E-state index in [9.17, 15) is 32.9 Å². The van der Waals surface area contributed by atoms with Crippen molar-refractivity contribution in [1.82, 2.24) is 5.32 Å². The number of methoxy groups -OCH3 is 1. The van der Waals surface area contributed by atoms with E-state index in [4.69, 9.17) is 16.3 Å². The number of nitro benzene ring substituents is 1. The molecule has 0 spiro atoms. The Labute approximate surface area is 179 Å². The van der Waals surface area contributed by atoms with Crippen LogP contribution in [-0.2, 0) is 10.9 Å². The molecule has 0 saturated carbocycles. The largest absolute Gasteiger partial charge is 0.465 e. The summed E-state index contributed by atoms with van der Waals surface area (Å²) in [7, 11) is 0.986. The van der Waals surface area contributed by atoms with Crippen molar-refractivity contribution in [2.45, 2.75) is 26.1 Å². The van der Waals surface area contributed by atoms with Crippen LogP contribution < -0.4 is 10.1 Å². The van der Waals surface area contributed by atoms with Crippen molar-refractivity contribution in [3.63, 3.8) is 0 Å². The van der Waals surface area contributed by atoms with Gasteiger partial charge in [0, 0.05) is 18.2 Å². The number of alkyl halides is 3. The normalized spacial score (nSPS) is 11.2. The topological polar surface area (TPSA) is 108 Å². The molecule has 2 rings (SSSR count). The van der Waals surface area contributed by atoms with E-state index in [0.717, 1.165) is 31.4 Å². The summed E-state index contributed by atoms with van der Waals surface area (Å²) >= 11 is 5.86. The Morgan fingerprint density at radius 3 is 2.26 bits per heavy atom. The molecule has 0 aliphatic rings. The number of esters is 1. The van der Waals surface area contributed by atoms with Gasteiger partial charge in [-0.1, -0.05) is 11.6 Å². The van der Waals surface area contributed by atoms with Crippen LogP contribution >= 0.6 is 11.6 Å². The molecule has 0 bridgehead atoms. The third-order valence-electron chi connectivity index (χ3n) is 3.82. The first kappa shape index (κ1) is 23.9. The molecule has 1 N–H and O–H groups in total. The molecular formula is C19H16ClF3N2O6. The number of carbonyl (C=O) groups excluding carboxylic acids is 2. The fraction of sp³-hybridized carbons (Fsp3) is 0.263. The van der Waals surface area contributed by atoms with E-state index < -0.39 is 50.4 Å². The van der Waals surface area contributed by atoms with Crippen molar-refractivity contribution in [3.8, 4) is 11.5 Å². The number of rotatable bonds is 6. The Morgan fingerprint density at radius 1 is 1.16 bits per heavy atom. The number of carbonyl (C=O) groups is 2. The molecule has 2 aromatic rings. The van der Waals surface area contributed by atoms with Crippen LogP contribution in [-0.4, -0.2) is 30.0 Å². The van der Waals surface area contributed by atoms with E-state index in [1.54, 1.807) is 13.8 Å². The van der Waals surface area contributed by atoms with E-state index in [2.05, 4.69) is 10.1 Å². The van der Waals surface area contributed by atoms with E-state index in [0.29, 0.717) is 6.07 Å². The maximum Gasteiger partial charge on any atom is 0.416 e. The zero-order valence-electron chi connectivity index (χ0n) is 16.4. The van der Waals surface area contributed by atoms with Crippen LogP contribution in [0, 0.1) is 10.1 Å². The number of hydrogen-bond donors (Lipinski definition) is 1. The van der Waals surface area contributed by atoms with Crippen molar-refractivity contribution in [2.24, 2.45) is 0 Å². The van der Waals surface area contributed by atoms with Gasteiger partial charge in [0.1, 0.15) is 22.6 Å². The van der Waals surface area contributed by atoms with Gasteiger partial charge in [-0.2, -0.15) is 13.2 Å². The molecular weight excluding hydrogens is 445 g/mol. The van der Waals surface area contributed by atoms with Gasteiger partial charge in [0.25, 0.3) is 11.6 Å². The first-order valence-corrected chi connectivity index (χ1v) is 8.99. The average molecular weight is 461 g/mol. The summed E-state index contributed by atoms with van der Waals surface area (Å²) < 4.78 is 48.4. The maximum atomic E-state index is 12.8. The van der Waals surface area contributed by atoms with Crippen LogP contribution in [0.3, 0.4) is 0 Å². The molecule has 0 atom stereocenters. The van der Waals surface area contributed by atoms with Gasteiger partial charge in [0.05, 0.1) is 22.6 Å². The van der Waals surface area contributed by atoms with Crippen molar-refractivity contribution < 1.29 is 37.2 Å². The van der Waals surface area contributed by atoms with E-state index in [-0.39, 0.29) is 17.5 Å². The first-order valence-electron chi connectivity index (χ1n) is 8.61. The van der Waals surface area contributed by atoms with E-state index in [1.807, 2.05) is 0 Å². The van der Waals surface area contributed by atoms with Crippen molar-refractivity contribution >= 4 is 29.2 Å². The summed E-state index contributed by atoms with van der Waals surface area (Å²) in [4.78, 5) is 35.2. The Balaban J connectivity index is 2.61. The Hall–Kier alpha value is -3.34. The SMILES string of the molecule is COC(=O)c1cc(Oc2ccc(C(F)(F)F)cc2Cl)cc(C(=O)NC(C)C)c1[N+](=O)[O-]. The highest BCUT2D eigenvalue weighted by Gasteiger charge is 2.32. The van der Waals surface area contributed by atoms with Crippen LogP contribution in [0.5, 0.6) is 11.5 Å². The fourth-order valence-electron chi connectivity index (χ4n) is 2.53. The van der Waals surface area contributed by atoms with Crippen LogP contribution in [0.1, 0.15) is 40.1 Å². The second-order valence-electron chi connectivity index (χ2n) is 6.49. The molecule has 0 fully saturated rings.